The Morgan fingerprint density at radius 2 is 2.00 bits per heavy atom. The van der Waals surface area contributed by atoms with E-state index >= 15 is 0 Å². The third-order valence-electron chi connectivity index (χ3n) is 5.34. The van der Waals surface area contributed by atoms with E-state index in [2.05, 4.69) is 31.1 Å². The topological polar surface area (TPSA) is 76.8 Å². The van der Waals surface area contributed by atoms with Crippen LogP contribution in [0.1, 0.15) is 22.5 Å². The van der Waals surface area contributed by atoms with Crippen molar-refractivity contribution in [1.82, 2.24) is 24.7 Å². The van der Waals surface area contributed by atoms with Crippen LogP contribution in [0.4, 0.5) is 5.82 Å². The lowest BCUT2D eigenvalue weighted by Gasteiger charge is -2.32. The third-order valence-corrected chi connectivity index (χ3v) is 5.34. The molecule has 0 unspecified atom stereocenters. The molecule has 7 heteroatoms. The predicted molar refractivity (Wildman–Crippen MR) is 111 cm³/mol. The molecule has 3 aromatic heterocycles. The van der Waals surface area contributed by atoms with Gasteiger partial charge in [-0.2, -0.15) is 10.2 Å². The summed E-state index contributed by atoms with van der Waals surface area (Å²) < 4.78 is 1.97. The van der Waals surface area contributed by atoms with Gasteiger partial charge in [0.05, 0.1) is 35.8 Å². The molecule has 0 aliphatic carbocycles. The second-order valence-corrected chi connectivity index (χ2v) is 7.34. The molecular formula is C22H20N6O. The fourth-order valence-corrected chi connectivity index (χ4v) is 3.55. The number of anilines is 1. The van der Waals surface area contributed by atoms with Crippen LogP contribution in [0.25, 0.3) is 22.2 Å². The molecule has 0 saturated carbocycles. The largest absolute Gasteiger partial charge is 0.356 e. The Labute approximate surface area is 168 Å². The molecule has 0 radical (unpaired) electrons. The van der Waals surface area contributed by atoms with E-state index in [4.69, 9.17) is 0 Å². The number of pyridine rings is 1. The smallest absolute Gasteiger partial charge is 0.169 e. The summed E-state index contributed by atoms with van der Waals surface area (Å²) >= 11 is 0. The molecular weight excluding hydrogens is 364 g/mol. The van der Waals surface area contributed by atoms with Gasteiger partial charge in [0.2, 0.25) is 0 Å². The van der Waals surface area contributed by atoms with Gasteiger partial charge in [-0.05, 0) is 36.8 Å². The SMILES string of the molecule is Cn1cncc1-c1ccc2nnc(CC(=O)c3ccnc(N4CCC4)c3)cc2c1. The van der Waals surface area contributed by atoms with E-state index in [1.165, 1.54) is 6.42 Å². The summed E-state index contributed by atoms with van der Waals surface area (Å²) in [5.41, 5.74) is 4.20. The molecule has 0 amide bonds. The fourth-order valence-electron chi connectivity index (χ4n) is 3.55. The number of ketones is 1. The van der Waals surface area contributed by atoms with E-state index in [1.807, 2.05) is 42.1 Å². The summed E-state index contributed by atoms with van der Waals surface area (Å²) in [6, 6.07) is 11.6. The van der Waals surface area contributed by atoms with Crippen molar-refractivity contribution in [3.63, 3.8) is 0 Å². The average Bonchev–Trinajstić information content (AvgIpc) is 3.12. The summed E-state index contributed by atoms with van der Waals surface area (Å²) in [6.45, 7) is 2.00. The molecule has 0 spiro atoms. The van der Waals surface area contributed by atoms with Crippen LogP contribution < -0.4 is 4.90 Å². The van der Waals surface area contributed by atoms with Gasteiger partial charge < -0.3 is 9.47 Å². The highest BCUT2D eigenvalue weighted by atomic mass is 16.1. The molecule has 0 bridgehead atoms. The number of benzene rings is 1. The van der Waals surface area contributed by atoms with E-state index in [-0.39, 0.29) is 12.2 Å². The molecule has 4 aromatic rings. The molecule has 29 heavy (non-hydrogen) atoms. The van der Waals surface area contributed by atoms with Gasteiger partial charge in [0.15, 0.2) is 5.78 Å². The second-order valence-electron chi connectivity index (χ2n) is 7.34. The highest BCUT2D eigenvalue weighted by molar-refractivity contribution is 5.98. The maximum absolute atomic E-state index is 12.8. The molecule has 0 atom stereocenters. The minimum atomic E-state index is 0.0191. The summed E-state index contributed by atoms with van der Waals surface area (Å²) in [7, 11) is 1.96. The summed E-state index contributed by atoms with van der Waals surface area (Å²) in [4.78, 5) is 23.5. The Bertz CT molecular complexity index is 1210. The van der Waals surface area contributed by atoms with E-state index in [1.54, 1.807) is 18.6 Å². The number of hydrogen-bond donors (Lipinski definition) is 0. The number of imidazole rings is 1. The first kappa shape index (κ1) is 17.5. The Hall–Kier alpha value is -3.61. The first-order chi connectivity index (χ1) is 14.2. The van der Waals surface area contributed by atoms with Gasteiger partial charge in [0.1, 0.15) is 5.82 Å². The average molecular weight is 384 g/mol. The maximum atomic E-state index is 12.8. The zero-order valence-electron chi connectivity index (χ0n) is 16.1. The number of fused-ring (bicyclic) bond motifs is 1. The summed E-state index contributed by atoms with van der Waals surface area (Å²) in [6.07, 6.45) is 6.69. The lowest BCUT2D eigenvalue weighted by Crippen LogP contribution is -2.37. The highest BCUT2D eigenvalue weighted by Crippen LogP contribution is 2.24. The monoisotopic (exact) mass is 384 g/mol. The quantitative estimate of drug-likeness (QED) is 0.492. The van der Waals surface area contributed by atoms with Crippen LogP contribution in [0.2, 0.25) is 0 Å². The molecule has 1 aliphatic rings. The van der Waals surface area contributed by atoms with Crippen LogP contribution >= 0.6 is 0 Å². The number of aryl methyl sites for hydroxylation is 1. The van der Waals surface area contributed by atoms with Crippen LogP contribution in [-0.2, 0) is 13.5 Å². The van der Waals surface area contributed by atoms with Crippen molar-refractivity contribution in [2.24, 2.45) is 7.05 Å². The molecule has 144 valence electrons. The van der Waals surface area contributed by atoms with E-state index in [0.717, 1.165) is 41.1 Å². The molecule has 1 saturated heterocycles. The van der Waals surface area contributed by atoms with Gasteiger partial charge in [0, 0.05) is 42.8 Å². The number of rotatable bonds is 5. The molecule has 0 N–H and O–H groups in total. The number of aromatic nitrogens is 5. The lowest BCUT2D eigenvalue weighted by molar-refractivity contribution is 0.0991. The zero-order chi connectivity index (χ0) is 19.8. The Morgan fingerprint density at radius 1 is 1.10 bits per heavy atom. The molecule has 4 heterocycles. The van der Waals surface area contributed by atoms with Gasteiger partial charge >= 0.3 is 0 Å². The summed E-state index contributed by atoms with van der Waals surface area (Å²) in [5, 5.41) is 9.50. The highest BCUT2D eigenvalue weighted by Gasteiger charge is 2.17. The van der Waals surface area contributed by atoms with Gasteiger partial charge in [-0.25, -0.2) is 9.97 Å². The Balaban J connectivity index is 1.41. The van der Waals surface area contributed by atoms with Gasteiger partial charge in [-0.15, -0.1) is 0 Å². The number of Topliss-reactive ketones (excluding diaryl/α,β-unsaturated/α-hetero) is 1. The fraction of sp³-hybridized carbons (Fsp3) is 0.227. The second kappa shape index (κ2) is 7.09. The zero-order valence-corrected chi connectivity index (χ0v) is 16.1. The van der Waals surface area contributed by atoms with E-state index in [9.17, 15) is 4.79 Å². The van der Waals surface area contributed by atoms with Crippen molar-refractivity contribution >= 4 is 22.5 Å². The number of carbonyl (C=O) groups is 1. The normalized spacial score (nSPS) is 13.5. The van der Waals surface area contributed by atoms with Gasteiger partial charge in [0.25, 0.3) is 0 Å². The van der Waals surface area contributed by atoms with Crippen LogP contribution in [0.5, 0.6) is 0 Å². The first-order valence-electron chi connectivity index (χ1n) is 9.65. The minimum Gasteiger partial charge on any atom is -0.356 e. The first-order valence-corrected chi connectivity index (χ1v) is 9.65. The van der Waals surface area contributed by atoms with Crippen LogP contribution in [0.15, 0.2) is 55.1 Å². The third kappa shape index (κ3) is 3.35. The molecule has 5 rings (SSSR count). The standard InChI is InChI=1S/C22H20N6O/c1-27-14-23-13-20(27)15-3-4-19-17(9-15)10-18(25-26-19)12-21(29)16-5-6-24-22(11-16)28-7-2-8-28/h3-6,9-11,13-14H,2,7-8,12H2,1H3. The van der Waals surface area contributed by atoms with Crippen LogP contribution in [-0.4, -0.2) is 43.6 Å². The van der Waals surface area contributed by atoms with Crippen molar-refractivity contribution < 1.29 is 4.79 Å². The Morgan fingerprint density at radius 3 is 2.76 bits per heavy atom. The maximum Gasteiger partial charge on any atom is 0.169 e. The van der Waals surface area contributed by atoms with Crippen LogP contribution in [0.3, 0.4) is 0 Å². The van der Waals surface area contributed by atoms with E-state index < -0.39 is 0 Å². The molecule has 1 aliphatic heterocycles. The molecule has 1 aromatic carbocycles. The van der Waals surface area contributed by atoms with E-state index in [0.29, 0.717) is 11.3 Å². The summed E-state index contributed by atoms with van der Waals surface area (Å²) in [5.74, 6) is 0.887. The predicted octanol–water partition coefficient (Wildman–Crippen LogP) is 3.06. The number of hydrogen-bond acceptors (Lipinski definition) is 6. The lowest BCUT2D eigenvalue weighted by atomic mass is 10.0. The van der Waals surface area contributed by atoms with Crippen molar-refractivity contribution in [1.29, 1.82) is 0 Å². The minimum absolute atomic E-state index is 0.0191. The molecule has 7 nitrogen and oxygen atoms in total. The van der Waals surface area contributed by atoms with Crippen molar-refractivity contribution in [3.8, 4) is 11.3 Å². The van der Waals surface area contributed by atoms with Crippen molar-refractivity contribution in [2.45, 2.75) is 12.8 Å². The van der Waals surface area contributed by atoms with Crippen molar-refractivity contribution in [2.75, 3.05) is 18.0 Å². The van der Waals surface area contributed by atoms with Gasteiger partial charge in [-0.1, -0.05) is 6.07 Å². The van der Waals surface area contributed by atoms with Gasteiger partial charge in [-0.3, -0.25) is 4.79 Å². The van der Waals surface area contributed by atoms with Crippen molar-refractivity contribution in [3.05, 3.63) is 66.4 Å². The number of nitrogens with zero attached hydrogens (tertiary/aromatic N) is 6. The number of carbonyl (C=O) groups excluding carboxylic acids is 1. The Kier molecular flexibility index (Phi) is 4.27. The van der Waals surface area contributed by atoms with Crippen LogP contribution in [0, 0.1) is 0 Å². The molecule has 1 fully saturated rings.